The molecule has 0 spiro atoms. The number of anilines is 2. The number of aryl methyl sites for hydroxylation is 1. The Morgan fingerprint density at radius 2 is 1.73 bits per heavy atom. The van der Waals surface area contributed by atoms with Crippen LogP contribution in [0.1, 0.15) is 22.7 Å². The molecule has 170 valence electrons. The van der Waals surface area contributed by atoms with Gasteiger partial charge < -0.3 is 20.7 Å². The average molecular weight is 465 g/mol. The van der Waals surface area contributed by atoms with Crippen LogP contribution in [-0.4, -0.2) is 23.1 Å². The number of carbonyl (C=O) groups excluding carboxylic acids is 1. The molecule has 33 heavy (non-hydrogen) atoms. The highest BCUT2D eigenvalue weighted by Crippen LogP contribution is 2.29. The number of methoxy groups -OCH3 is 1. The second kappa shape index (κ2) is 10.6. The number of non-ortho nitro benzene ring substituents is 1. The largest absolute Gasteiger partial charge is 0.495 e. The standard InChI is InChI=1S/C24H24N4O4S/c1-15-8-7-11-19(16(15)2)25-23(29)22(17-9-5-4-6-10-17)27-24(33)26-20-14-18(28(30)31)12-13-21(20)32-3/h4-14,22H,1-3H3,(H,25,29)(H2,26,27,33). The Labute approximate surface area is 197 Å². The Morgan fingerprint density at radius 1 is 1.00 bits per heavy atom. The van der Waals surface area contributed by atoms with Crippen LogP contribution < -0.4 is 20.7 Å². The highest BCUT2D eigenvalue weighted by molar-refractivity contribution is 7.80. The molecule has 0 saturated heterocycles. The summed E-state index contributed by atoms with van der Waals surface area (Å²) in [5.41, 5.74) is 3.64. The summed E-state index contributed by atoms with van der Waals surface area (Å²) in [5.74, 6) is 0.0749. The third kappa shape index (κ3) is 5.83. The summed E-state index contributed by atoms with van der Waals surface area (Å²) in [6.45, 7) is 3.92. The van der Waals surface area contributed by atoms with Crippen molar-refractivity contribution in [3.63, 3.8) is 0 Å². The van der Waals surface area contributed by atoms with Crippen LogP contribution in [0.15, 0.2) is 66.7 Å². The van der Waals surface area contributed by atoms with Crippen molar-refractivity contribution in [1.82, 2.24) is 5.32 Å². The van der Waals surface area contributed by atoms with E-state index in [0.717, 1.165) is 11.1 Å². The zero-order chi connectivity index (χ0) is 24.0. The lowest BCUT2D eigenvalue weighted by Gasteiger charge is -2.22. The number of nitrogens with zero attached hydrogens (tertiary/aromatic N) is 1. The summed E-state index contributed by atoms with van der Waals surface area (Å²) in [6, 6.07) is 18.2. The lowest BCUT2D eigenvalue weighted by atomic mass is 10.0. The third-order valence-electron chi connectivity index (χ3n) is 5.18. The summed E-state index contributed by atoms with van der Waals surface area (Å²) in [6.07, 6.45) is 0. The van der Waals surface area contributed by atoms with E-state index in [-0.39, 0.29) is 16.7 Å². The van der Waals surface area contributed by atoms with Gasteiger partial charge in [-0.05, 0) is 54.9 Å². The van der Waals surface area contributed by atoms with Crippen molar-refractivity contribution in [3.8, 4) is 5.75 Å². The molecule has 0 aromatic heterocycles. The minimum absolute atomic E-state index is 0.110. The molecule has 0 bridgehead atoms. The molecule has 0 aliphatic carbocycles. The van der Waals surface area contributed by atoms with Gasteiger partial charge in [-0.1, -0.05) is 42.5 Å². The van der Waals surface area contributed by atoms with Crippen LogP contribution in [0.2, 0.25) is 0 Å². The van der Waals surface area contributed by atoms with E-state index in [9.17, 15) is 14.9 Å². The van der Waals surface area contributed by atoms with Crippen LogP contribution in [0.25, 0.3) is 0 Å². The second-order valence-corrected chi connectivity index (χ2v) is 7.73. The molecule has 0 fully saturated rings. The van der Waals surface area contributed by atoms with Gasteiger partial charge in [0.1, 0.15) is 11.8 Å². The van der Waals surface area contributed by atoms with Crippen molar-refractivity contribution in [1.29, 1.82) is 0 Å². The fourth-order valence-electron chi connectivity index (χ4n) is 3.23. The smallest absolute Gasteiger partial charge is 0.271 e. The van der Waals surface area contributed by atoms with Crippen molar-refractivity contribution in [3.05, 3.63) is 93.5 Å². The number of nitro benzene ring substituents is 1. The number of nitrogens with one attached hydrogen (secondary N) is 3. The van der Waals surface area contributed by atoms with Crippen molar-refractivity contribution in [2.75, 3.05) is 17.7 Å². The first-order valence-corrected chi connectivity index (χ1v) is 10.5. The maximum Gasteiger partial charge on any atom is 0.271 e. The van der Waals surface area contributed by atoms with Crippen LogP contribution in [0.3, 0.4) is 0 Å². The molecule has 3 aromatic carbocycles. The van der Waals surface area contributed by atoms with Gasteiger partial charge in [0.25, 0.3) is 11.6 Å². The minimum atomic E-state index is -0.809. The first-order chi connectivity index (χ1) is 15.8. The lowest BCUT2D eigenvalue weighted by molar-refractivity contribution is -0.384. The zero-order valence-corrected chi connectivity index (χ0v) is 19.2. The number of thiocarbonyl (C=S) groups is 1. The zero-order valence-electron chi connectivity index (χ0n) is 18.4. The van der Waals surface area contributed by atoms with Crippen molar-refractivity contribution < 1.29 is 14.5 Å². The summed E-state index contributed by atoms with van der Waals surface area (Å²) in [7, 11) is 1.45. The monoisotopic (exact) mass is 464 g/mol. The number of amides is 1. The summed E-state index contributed by atoms with van der Waals surface area (Å²) < 4.78 is 5.27. The molecule has 1 amide bonds. The van der Waals surface area contributed by atoms with Gasteiger partial charge in [-0.15, -0.1) is 0 Å². The van der Waals surface area contributed by atoms with E-state index >= 15 is 0 Å². The van der Waals surface area contributed by atoms with Gasteiger partial charge in [-0.25, -0.2) is 0 Å². The molecular formula is C24H24N4O4S. The number of rotatable bonds is 7. The van der Waals surface area contributed by atoms with Crippen LogP contribution >= 0.6 is 12.2 Å². The number of ether oxygens (including phenoxy) is 1. The summed E-state index contributed by atoms with van der Waals surface area (Å²) in [4.78, 5) is 23.9. The first-order valence-electron chi connectivity index (χ1n) is 10.1. The van der Waals surface area contributed by atoms with Crippen LogP contribution in [0.4, 0.5) is 17.1 Å². The number of benzene rings is 3. The van der Waals surface area contributed by atoms with E-state index in [2.05, 4.69) is 16.0 Å². The summed E-state index contributed by atoms with van der Waals surface area (Å²) in [5, 5.41) is 20.1. The molecular weight excluding hydrogens is 440 g/mol. The highest BCUT2D eigenvalue weighted by atomic mass is 32.1. The fraction of sp³-hybridized carbons (Fsp3) is 0.167. The van der Waals surface area contributed by atoms with E-state index in [1.54, 1.807) is 0 Å². The van der Waals surface area contributed by atoms with Gasteiger partial charge in [0.2, 0.25) is 0 Å². The van der Waals surface area contributed by atoms with Crippen molar-refractivity contribution in [2.45, 2.75) is 19.9 Å². The molecule has 0 aliphatic rings. The molecule has 3 aromatic rings. The first kappa shape index (κ1) is 23.7. The van der Waals surface area contributed by atoms with Gasteiger partial charge in [0.15, 0.2) is 5.11 Å². The van der Waals surface area contributed by atoms with Crippen molar-refractivity contribution in [2.24, 2.45) is 0 Å². The normalized spacial score (nSPS) is 11.2. The third-order valence-corrected chi connectivity index (χ3v) is 5.40. The van der Waals surface area contributed by atoms with Gasteiger partial charge in [-0.3, -0.25) is 14.9 Å². The second-order valence-electron chi connectivity index (χ2n) is 7.32. The number of hydrogen-bond donors (Lipinski definition) is 3. The van der Waals surface area contributed by atoms with E-state index in [4.69, 9.17) is 17.0 Å². The van der Waals surface area contributed by atoms with Gasteiger partial charge in [0, 0.05) is 17.8 Å². The van der Waals surface area contributed by atoms with Gasteiger partial charge >= 0.3 is 0 Å². The number of nitro groups is 1. The number of hydrogen-bond acceptors (Lipinski definition) is 5. The molecule has 8 nitrogen and oxygen atoms in total. The average Bonchev–Trinajstić information content (AvgIpc) is 2.81. The molecule has 0 saturated carbocycles. The molecule has 0 radical (unpaired) electrons. The van der Waals surface area contributed by atoms with E-state index < -0.39 is 11.0 Å². The Bertz CT molecular complexity index is 1180. The van der Waals surface area contributed by atoms with Gasteiger partial charge in [-0.2, -0.15) is 0 Å². The lowest BCUT2D eigenvalue weighted by Crippen LogP contribution is -2.39. The summed E-state index contributed by atoms with van der Waals surface area (Å²) >= 11 is 5.43. The Kier molecular flexibility index (Phi) is 7.57. The molecule has 1 unspecified atom stereocenters. The molecule has 9 heteroatoms. The Hall–Kier alpha value is -3.98. The quantitative estimate of drug-likeness (QED) is 0.260. The van der Waals surface area contributed by atoms with Crippen LogP contribution in [0.5, 0.6) is 5.75 Å². The van der Waals surface area contributed by atoms with Crippen LogP contribution in [0, 0.1) is 24.0 Å². The molecule has 0 aliphatic heterocycles. The maximum absolute atomic E-state index is 13.3. The van der Waals surface area contributed by atoms with E-state index in [1.165, 1.54) is 25.3 Å². The van der Waals surface area contributed by atoms with Crippen molar-refractivity contribution >= 4 is 40.3 Å². The Morgan fingerprint density at radius 3 is 2.39 bits per heavy atom. The Balaban J connectivity index is 1.85. The fourth-order valence-corrected chi connectivity index (χ4v) is 3.46. The topological polar surface area (TPSA) is 106 Å². The molecule has 3 rings (SSSR count). The van der Waals surface area contributed by atoms with E-state index in [1.807, 2.05) is 62.4 Å². The predicted molar refractivity (Wildman–Crippen MR) is 133 cm³/mol. The van der Waals surface area contributed by atoms with E-state index in [0.29, 0.717) is 22.7 Å². The van der Waals surface area contributed by atoms with Crippen LogP contribution in [-0.2, 0) is 4.79 Å². The maximum atomic E-state index is 13.3. The molecule has 1 atom stereocenters. The van der Waals surface area contributed by atoms with Gasteiger partial charge in [0.05, 0.1) is 17.7 Å². The SMILES string of the molecule is COc1ccc([N+](=O)[O-])cc1NC(=S)NC(C(=O)Nc1cccc(C)c1C)c1ccccc1. The molecule has 0 heterocycles. The minimum Gasteiger partial charge on any atom is -0.495 e. The number of carbonyl (C=O) groups is 1. The predicted octanol–water partition coefficient (Wildman–Crippen LogP) is 4.89. The molecule has 3 N–H and O–H groups in total. The highest BCUT2D eigenvalue weighted by Gasteiger charge is 2.23.